The Hall–Kier alpha value is -3.27. The largest absolute Gasteiger partial charge is 0.507 e. The van der Waals surface area contributed by atoms with Gasteiger partial charge in [0, 0.05) is 22.8 Å². The summed E-state index contributed by atoms with van der Waals surface area (Å²) < 4.78 is 0. The first-order valence-electron chi connectivity index (χ1n) is 7.70. The van der Waals surface area contributed by atoms with Crippen LogP contribution >= 0.6 is 0 Å². The molecule has 0 spiro atoms. The standard InChI is InChI=1S/C20H15N3O/c1-13-12-17(15-9-4-6-14-7-5-11-21-19(14)15)23-20(22-13)16-8-2-3-10-18(16)24/h2-12,24H,1H3. The van der Waals surface area contributed by atoms with Crippen molar-refractivity contribution in [2.75, 3.05) is 0 Å². The molecule has 0 aliphatic carbocycles. The number of rotatable bonds is 2. The predicted octanol–water partition coefficient (Wildman–Crippen LogP) is 4.37. The molecule has 0 aliphatic rings. The Labute approximate surface area is 139 Å². The van der Waals surface area contributed by atoms with Gasteiger partial charge in [-0.15, -0.1) is 0 Å². The number of phenolic OH excluding ortho intramolecular Hbond substituents is 1. The molecule has 24 heavy (non-hydrogen) atoms. The van der Waals surface area contributed by atoms with E-state index in [1.165, 1.54) is 0 Å². The number of aromatic nitrogens is 3. The fourth-order valence-electron chi connectivity index (χ4n) is 2.80. The fraction of sp³-hybridized carbons (Fsp3) is 0.0500. The van der Waals surface area contributed by atoms with Crippen molar-refractivity contribution in [3.63, 3.8) is 0 Å². The van der Waals surface area contributed by atoms with Crippen LogP contribution in [0.15, 0.2) is 66.9 Å². The lowest BCUT2D eigenvalue weighted by Crippen LogP contribution is -1.96. The van der Waals surface area contributed by atoms with Crippen molar-refractivity contribution in [3.05, 3.63) is 72.6 Å². The highest BCUT2D eigenvalue weighted by atomic mass is 16.3. The van der Waals surface area contributed by atoms with Gasteiger partial charge in [-0.1, -0.05) is 36.4 Å². The predicted molar refractivity (Wildman–Crippen MR) is 94.6 cm³/mol. The number of hydrogen-bond donors (Lipinski definition) is 1. The number of benzene rings is 2. The van der Waals surface area contributed by atoms with Gasteiger partial charge in [-0.05, 0) is 31.2 Å². The number of nitrogens with zero attached hydrogens (tertiary/aromatic N) is 3. The lowest BCUT2D eigenvalue weighted by molar-refractivity contribution is 0.477. The van der Waals surface area contributed by atoms with Crippen molar-refractivity contribution >= 4 is 10.9 Å². The van der Waals surface area contributed by atoms with E-state index in [0.29, 0.717) is 11.4 Å². The van der Waals surface area contributed by atoms with Crippen LogP contribution in [0.1, 0.15) is 5.69 Å². The maximum absolute atomic E-state index is 10.1. The van der Waals surface area contributed by atoms with Crippen molar-refractivity contribution in [2.24, 2.45) is 0 Å². The first-order chi connectivity index (χ1) is 11.7. The molecule has 4 nitrogen and oxygen atoms in total. The minimum absolute atomic E-state index is 0.171. The van der Waals surface area contributed by atoms with Crippen LogP contribution in [-0.2, 0) is 0 Å². The third kappa shape index (κ3) is 2.48. The van der Waals surface area contributed by atoms with Gasteiger partial charge in [-0.3, -0.25) is 4.98 Å². The number of phenols is 1. The number of aromatic hydroxyl groups is 1. The van der Waals surface area contributed by atoms with E-state index < -0.39 is 0 Å². The van der Waals surface area contributed by atoms with Crippen LogP contribution < -0.4 is 0 Å². The molecule has 0 aliphatic heterocycles. The van der Waals surface area contributed by atoms with Crippen LogP contribution in [0.3, 0.4) is 0 Å². The average molecular weight is 313 g/mol. The normalized spacial score (nSPS) is 10.9. The second-order valence-electron chi connectivity index (χ2n) is 5.62. The Morgan fingerprint density at radius 1 is 0.833 bits per heavy atom. The van der Waals surface area contributed by atoms with Gasteiger partial charge < -0.3 is 5.11 Å². The molecule has 0 saturated heterocycles. The Balaban J connectivity index is 1.95. The summed E-state index contributed by atoms with van der Waals surface area (Å²) in [6.45, 7) is 1.92. The number of para-hydroxylation sites is 2. The van der Waals surface area contributed by atoms with Crippen LogP contribution in [0.5, 0.6) is 5.75 Å². The summed E-state index contributed by atoms with van der Waals surface area (Å²) in [5.74, 6) is 0.682. The highest BCUT2D eigenvalue weighted by Crippen LogP contribution is 2.30. The second kappa shape index (κ2) is 5.74. The van der Waals surface area contributed by atoms with Gasteiger partial charge >= 0.3 is 0 Å². The topological polar surface area (TPSA) is 58.9 Å². The van der Waals surface area contributed by atoms with E-state index in [2.05, 4.69) is 15.0 Å². The second-order valence-corrected chi connectivity index (χ2v) is 5.62. The molecule has 0 unspecified atom stereocenters. The van der Waals surface area contributed by atoms with Gasteiger partial charge in [0.2, 0.25) is 0 Å². The lowest BCUT2D eigenvalue weighted by atomic mass is 10.1. The first kappa shape index (κ1) is 14.3. The van der Waals surface area contributed by atoms with E-state index in [1.807, 2.05) is 55.5 Å². The first-order valence-corrected chi connectivity index (χ1v) is 7.70. The molecule has 2 aromatic carbocycles. The molecule has 0 amide bonds. The lowest BCUT2D eigenvalue weighted by Gasteiger charge is -2.09. The Bertz CT molecular complexity index is 1040. The summed E-state index contributed by atoms with van der Waals surface area (Å²) in [7, 11) is 0. The van der Waals surface area contributed by atoms with Crippen LogP contribution in [-0.4, -0.2) is 20.1 Å². The summed E-state index contributed by atoms with van der Waals surface area (Å²) in [6, 6.07) is 19.0. The van der Waals surface area contributed by atoms with Crippen molar-refractivity contribution in [1.29, 1.82) is 0 Å². The molecule has 2 aromatic heterocycles. The Kier molecular flexibility index (Phi) is 3.43. The van der Waals surface area contributed by atoms with Gasteiger partial charge in [0.05, 0.1) is 16.8 Å². The quantitative estimate of drug-likeness (QED) is 0.597. The van der Waals surface area contributed by atoms with Crippen LogP contribution in [0.4, 0.5) is 0 Å². The molecule has 0 bridgehead atoms. The summed E-state index contributed by atoms with van der Waals surface area (Å²) in [5.41, 5.74) is 4.11. The summed E-state index contributed by atoms with van der Waals surface area (Å²) in [4.78, 5) is 13.7. The monoisotopic (exact) mass is 313 g/mol. The van der Waals surface area contributed by atoms with Crippen LogP contribution in [0, 0.1) is 6.92 Å². The van der Waals surface area contributed by atoms with E-state index in [-0.39, 0.29) is 5.75 Å². The third-order valence-electron chi connectivity index (χ3n) is 3.91. The summed E-state index contributed by atoms with van der Waals surface area (Å²) >= 11 is 0. The van der Waals surface area contributed by atoms with Crippen molar-refractivity contribution in [3.8, 4) is 28.4 Å². The van der Waals surface area contributed by atoms with E-state index >= 15 is 0 Å². The Morgan fingerprint density at radius 2 is 1.62 bits per heavy atom. The minimum Gasteiger partial charge on any atom is -0.507 e. The summed E-state index contributed by atoms with van der Waals surface area (Å²) in [6.07, 6.45) is 1.78. The molecule has 1 N–H and O–H groups in total. The smallest absolute Gasteiger partial charge is 0.163 e. The minimum atomic E-state index is 0.171. The van der Waals surface area contributed by atoms with E-state index in [0.717, 1.165) is 27.9 Å². The highest BCUT2D eigenvalue weighted by Gasteiger charge is 2.12. The number of hydrogen-bond acceptors (Lipinski definition) is 4. The molecule has 0 radical (unpaired) electrons. The molecular formula is C20H15N3O. The zero-order valence-corrected chi connectivity index (χ0v) is 13.1. The van der Waals surface area contributed by atoms with Crippen molar-refractivity contribution in [1.82, 2.24) is 15.0 Å². The van der Waals surface area contributed by atoms with E-state index in [4.69, 9.17) is 0 Å². The highest BCUT2D eigenvalue weighted by molar-refractivity contribution is 5.92. The SMILES string of the molecule is Cc1cc(-c2cccc3cccnc23)nc(-c2ccccc2O)n1. The van der Waals surface area contributed by atoms with Crippen LogP contribution in [0.2, 0.25) is 0 Å². The zero-order chi connectivity index (χ0) is 16.5. The molecule has 4 heteroatoms. The van der Waals surface area contributed by atoms with Gasteiger partial charge in [0.1, 0.15) is 5.75 Å². The van der Waals surface area contributed by atoms with Gasteiger partial charge in [0.25, 0.3) is 0 Å². The molecule has 4 rings (SSSR count). The Morgan fingerprint density at radius 3 is 2.50 bits per heavy atom. The molecular weight excluding hydrogens is 298 g/mol. The van der Waals surface area contributed by atoms with Crippen LogP contribution in [0.25, 0.3) is 33.5 Å². The maximum Gasteiger partial charge on any atom is 0.163 e. The van der Waals surface area contributed by atoms with Gasteiger partial charge in [-0.2, -0.15) is 0 Å². The molecule has 4 aromatic rings. The fourth-order valence-corrected chi connectivity index (χ4v) is 2.80. The molecule has 0 fully saturated rings. The van der Waals surface area contributed by atoms with Crippen molar-refractivity contribution in [2.45, 2.75) is 6.92 Å². The third-order valence-corrected chi connectivity index (χ3v) is 3.91. The van der Waals surface area contributed by atoms with Gasteiger partial charge in [-0.25, -0.2) is 9.97 Å². The average Bonchev–Trinajstić information content (AvgIpc) is 2.61. The molecule has 116 valence electrons. The molecule has 0 saturated carbocycles. The zero-order valence-electron chi connectivity index (χ0n) is 13.1. The van der Waals surface area contributed by atoms with E-state index in [1.54, 1.807) is 18.3 Å². The number of fused-ring (bicyclic) bond motifs is 1. The number of aryl methyl sites for hydroxylation is 1. The maximum atomic E-state index is 10.1. The van der Waals surface area contributed by atoms with Gasteiger partial charge in [0.15, 0.2) is 5.82 Å². The molecule has 2 heterocycles. The molecule has 0 atom stereocenters. The van der Waals surface area contributed by atoms with Crippen molar-refractivity contribution < 1.29 is 5.11 Å². The van der Waals surface area contributed by atoms with E-state index in [9.17, 15) is 5.11 Å². The number of pyridine rings is 1. The summed E-state index contributed by atoms with van der Waals surface area (Å²) in [5, 5.41) is 11.2.